The lowest BCUT2D eigenvalue weighted by Gasteiger charge is -2.20. The third kappa shape index (κ3) is 2.21. The molecule has 0 heterocycles. The van der Waals surface area contributed by atoms with Crippen LogP contribution in [0.5, 0.6) is 0 Å². The van der Waals surface area contributed by atoms with Gasteiger partial charge in [0.15, 0.2) is 0 Å². The average Bonchev–Trinajstić information content (AvgIpc) is 2.16. The molecule has 1 aromatic carbocycles. The Hall–Kier alpha value is -1.13. The van der Waals surface area contributed by atoms with Gasteiger partial charge < -0.3 is 15.7 Å². The van der Waals surface area contributed by atoms with Crippen LogP contribution in [0.25, 0.3) is 0 Å². The summed E-state index contributed by atoms with van der Waals surface area (Å²) in [4.78, 5) is 1.84. The van der Waals surface area contributed by atoms with Gasteiger partial charge in [-0.1, -0.05) is 0 Å². The van der Waals surface area contributed by atoms with Crippen molar-refractivity contribution in [3.8, 4) is 0 Å². The first-order valence-electron chi connectivity index (χ1n) is 4.39. The van der Waals surface area contributed by atoms with Gasteiger partial charge in [-0.15, -0.1) is 0 Å². The molecule has 0 saturated heterocycles. The summed E-state index contributed by atoms with van der Waals surface area (Å²) in [7, 11) is 3.70. The second-order valence-electron chi connectivity index (χ2n) is 3.39. The van der Waals surface area contributed by atoms with Gasteiger partial charge in [0.25, 0.3) is 0 Å². The maximum absolute atomic E-state index is 13.0. The van der Waals surface area contributed by atoms with Crippen LogP contribution < -0.4 is 10.6 Å². The van der Waals surface area contributed by atoms with Crippen molar-refractivity contribution in [1.82, 2.24) is 0 Å². The van der Waals surface area contributed by atoms with Crippen LogP contribution in [0.2, 0.25) is 0 Å². The SMILES string of the molecule is CN(C)c1ccc(F)cc1[C@@H](N)CO. The maximum atomic E-state index is 13.0. The summed E-state index contributed by atoms with van der Waals surface area (Å²) in [5, 5.41) is 8.92. The fraction of sp³-hybridized carbons (Fsp3) is 0.400. The molecule has 3 N–H and O–H groups in total. The molecular formula is C10H15FN2O. The molecule has 14 heavy (non-hydrogen) atoms. The molecular weight excluding hydrogens is 183 g/mol. The minimum absolute atomic E-state index is 0.190. The van der Waals surface area contributed by atoms with E-state index in [0.29, 0.717) is 5.56 Å². The van der Waals surface area contributed by atoms with Crippen LogP contribution in [-0.4, -0.2) is 25.8 Å². The number of hydrogen-bond donors (Lipinski definition) is 2. The average molecular weight is 198 g/mol. The quantitative estimate of drug-likeness (QED) is 0.758. The zero-order valence-corrected chi connectivity index (χ0v) is 8.37. The van der Waals surface area contributed by atoms with Gasteiger partial charge in [-0.3, -0.25) is 0 Å². The summed E-state index contributed by atoms with van der Waals surface area (Å²) in [6.45, 7) is -0.190. The van der Waals surface area contributed by atoms with Crippen molar-refractivity contribution in [2.75, 3.05) is 25.6 Å². The van der Waals surface area contributed by atoms with Gasteiger partial charge >= 0.3 is 0 Å². The van der Waals surface area contributed by atoms with Gasteiger partial charge in [-0.2, -0.15) is 0 Å². The number of benzene rings is 1. The van der Waals surface area contributed by atoms with Gasteiger partial charge in [0.2, 0.25) is 0 Å². The van der Waals surface area contributed by atoms with Crippen molar-refractivity contribution >= 4 is 5.69 Å². The fourth-order valence-corrected chi connectivity index (χ4v) is 1.33. The largest absolute Gasteiger partial charge is 0.394 e. The molecule has 0 aliphatic heterocycles. The minimum Gasteiger partial charge on any atom is -0.394 e. The molecule has 0 radical (unpaired) electrons. The molecule has 1 atom stereocenters. The third-order valence-electron chi connectivity index (χ3n) is 2.07. The number of aliphatic hydroxyl groups is 1. The molecule has 0 amide bonds. The van der Waals surface area contributed by atoms with E-state index in [9.17, 15) is 4.39 Å². The topological polar surface area (TPSA) is 49.5 Å². The van der Waals surface area contributed by atoms with E-state index in [4.69, 9.17) is 10.8 Å². The van der Waals surface area contributed by atoms with Crippen LogP contribution in [0.4, 0.5) is 10.1 Å². The number of aliphatic hydroxyl groups excluding tert-OH is 1. The number of nitrogens with zero attached hydrogens (tertiary/aromatic N) is 1. The van der Waals surface area contributed by atoms with Crippen molar-refractivity contribution < 1.29 is 9.50 Å². The Morgan fingerprint density at radius 1 is 1.50 bits per heavy atom. The second-order valence-corrected chi connectivity index (χ2v) is 3.39. The highest BCUT2D eigenvalue weighted by atomic mass is 19.1. The van der Waals surface area contributed by atoms with E-state index in [2.05, 4.69) is 0 Å². The molecule has 0 spiro atoms. The predicted octanol–water partition coefficient (Wildman–Crippen LogP) is 0.884. The lowest BCUT2D eigenvalue weighted by Crippen LogP contribution is -2.20. The van der Waals surface area contributed by atoms with Crippen LogP contribution in [0.15, 0.2) is 18.2 Å². The van der Waals surface area contributed by atoms with E-state index >= 15 is 0 Å². The zero-order chi connectivity index (χ0) is 10.7. The Morgan fingerprint density at radius 2 is 2.14 bits per heavy atom. The van der Waals surface area contributed by atoms with Crippen LogP contribution in [0.3, 0.4) is 0 Å². The highest BCUT2D eigenvalue weighted by molar-refractivity contribution is 5.54. The predicted molar refractivity (Wildman–Crippen MR) is 54.7 cm³/mol. The van der Waals surface area contributed by atoms with Crippen LogP contribution in [0, 0.1) is 5.82 Å². The Balaban J connectivity index is 3.15. The number of rotatable bonds is 3. The summed E-state index contributed by atoms with van der Waals surface area (Å²) >= 11 is 0. The van der Waals surface area contributed by atoms with Gasteiger partial charge in [0.05, 0.1) is 12.6 Å². The summed E-state index contributed by atoms with van der Waals surface area (Å²) in [6, 6.07) is 3.85. The number of nitrogens with two attached hydrogens (primary N) is 1. The van der Waals surface area contributed by atoms with Crippen molar-refractivity contribution in [2.24, 2.45) is 5.73 Å². The normalized spacial score (nSPS) is 12.6. The molecule has 3 nitrogen and oxygen atoms in total. The van der Waals surface area contributed by atoms with Crippen LogP contribution in [0.1, 0.15) is 11.6 Å². The standard InChI is InChI=1S/C10H15FN2O/c1-13(2)10-4-3-7(11)5-8(10)9(12)6-14/h3-5,9,14H,6,12H2,1-2H3/t9-/m0/s1. The van der Waals surface area contributed by atoms with Crippen LogP contribution in [-0.2, 0) is 0 Å². The van der Waals surface area contributed by atoms with E-state index in [-0.39, 0.29) is 12.4 Å². The van der Waals surface area contributed by atoms with E-state index < -0.39 is 6.04 Å². The molecule has 78 valence electrons. The molecule has 1 aromatic rings. The highest BCUT2D eigenvalue weighted by Crippen LogP contribution is 2.24. The van der Waals surface area contributed by atoms with Crippen molar-refractivity contribution in [1.29, 1.82) is 0 Å². The molecule has 0 aliphatic rings. The second kappa shape index (κ2) is 4.39. The lowest BCUT2D eigenvalue weighted by atomic mass is 10.1. The summed E-state index contributed by atoms with van der Waals surface area (Å²) in [5.41, 5.74) is 7.11. The maximum Gasteiger partial charge on any atom is 0.123 e. The molecule has 0 aliphatic carbocycles. The smallest absolute Gasteiger partial charge is 0.123 e. The number of hydrogen-bond acceptors (Lipinski definition) is 3. The first kappa shape index (κ1) is 10.9. The number of halogens is 1. The number of anilines is 1. The molecule has 1 rings (SSSR count). The molecule has 0 aromatic heterocycles. The summed E-state index contributed by atoms with van der Waals surface area (Å²) in [5.74, 6) is -0.338. The van der Waals surface area contributed by atoms with Gasteiger partial charge in [0, 0.05) is 19.8 Å². The Bertz CT molecular complexity index is 315. The van der Waals surface area contributed by atoms with Crippen LogP contribution >= 0.6 is 0 Å². The Kier molecular flexibility index (Phi) is 3.43. The molecule has 0 bridgehead atoms. The molecule has 0 unspecified atom stereocenters. The van der Waals surface area contributed by atoms with E-state index in [1.165, 1.54) is 12.1 Å². The van der Waals surface area contributed by atoms with Crippen molar-refractivity contribution in [3.05, 3.63) is 29.6 Å². The highest BCUT2D eigenvalue weighted by Gasteiger charge is 2.12. The van der Waals surface area contributed by atoms with Crippen molar-refractivity contribution in [3.63, 3.8) is 0 Å². The monoisotopic (exact) mass is 198 g/mol. The first-order chi connectivity index (χ1) is 6.56. The van der Waals surface area contributed by atoms with Gasteiger partial charge in [-0.05, 0) is 23.8 Å². The van der Waals surface area contributed by atoms with Gasteiger partial charge in [0.1, 0.15) is 5.82 Å². The third-order valence-corrected chi connectivity index (χ3v) is 2.07. The molecule has 4 heteroatoms. The summed E-state index contributed by atoms with van der Waals surface area (Å²) < 4.78 is 13.0. The Labute approximate surface area is 83.0 Å². The zero-order valence-electron chi connectivity index (χ0n) is 8.37. The summed E-state index contributed by atoms with van der Waals surface area (Å²) in [6.07, 6.45) is 0. The van der Waals surface area contributed by atoms with Gasteiger partial charge in [-0.25, -0.2) is 4.39 Å². The Morgan fingerprint density at radius 3 is 2.64 bits per heavy atom. The van der Waals surface area contributed by atoms with Crippen molar-refractivity contribution in [2.45, 2.75) is 6.04 Å². The van der Waals surface area contributed by atoms with E-state index in [0.717, 1.165) is 5.69 Å². The van der Waals surface area contributed by atoms with E-state index in [1.807, 2.05) is 19.0 Å². The van der Waals surface area contributed by atoms with E-state index in [1.54, 1.807) is 6.07 Å². The fourth-order valence-electron chi connectivity index (χ4n) is 1.33. The molecule has 0 fully saturated rings. The minimum atomic E-state index is -0.539. The first-order valence-corrected chi connectivity index (χ1v) is 4.39. The molecule has 0 saturated carbocycles. The lowest BCUT2D eigenvalue weighted by molar-refractivity contribution is 0.268.